The van der Waals surface area contributed by atoms with Crippen LogP contribution < -0.4 is 10.2 Å². The Morgan fingerprint density at radius 3 is 2.50 bits per heavy atom. The van der Waals surface area contributed by atoms with E-state index < -0.39 is 0 Å². The second kappa shape index (κ2) is 7.97. The summed E-state index contributed by atoms with van der Waals surface area (Å²) in [7, 11) is 2.00. The summed E-state index contributed by atoms with van der Waals surface area (Å²) in [6.07, 6.45) is 0. The van der Waals surface area contributed by atoms with Crippen molar-refractivity contribution >= 4 is 40.4 Å². The third-order valence-electron chi connectivity index (χ3n) is 3.31. The molecule has 3 nitrogen and oxygen atoms in total. The molecule has 22 heavy (non-hydrogen) atoms. The van der Waals surface area contributed by atoms with Gasteiger partial charge >= 0.3 is 0 Å². The molecule has 2 N–H and O–H groups in total. The predicted molar refractivity (Wildman–Crippen MR) is 92.8 cm³/mol. The number of nitrogens with one attached hydrogen (secondary N) is 2. The molecule has 2 aromatic rings. The molecule has 1 heterocycles. The van der Waals surface area contributed by atoms with Crippen LogP contribution >= 0.6 is 34.5 Å². The highest BCUT2D eigenvalue weighted by molar-refractivity contribution is 7.16. The molecule has 0 radical (unpaired) electrons. The molecule has 118 valence electrons. The van der Waals surface area contributed by atoms with E-state index >= 15 is 0 Å². The van der Waals surface area contributed by atoms with E-state index in [0.29, 0.717) is 11.6 Å². The topological polar surface area (TPSA) is 33.5 Å². The van der Waals surface area contributed by atoms with Crippen molar-refractivity contribution in [1.82, 2.24) is 5.32 Å². The first kappa shape index (κ1) is 17.3. The number of amides is 1. The van der Waals surface area contributed by atoms with Crippen molar-refractivity contribution < 1.29 is 9.69 Å². The number of benzene rings is 1. The fraction of sp³-hybridized carbons (Fsp3) is 0.312. The molecule has 6 heteroatoms. The highest BCUT2D eigenvalue weighted by atomic mass is 35.5. The van der Waals surface area contributed by atoms with Crippen LogP contribution in [0.2, 0.25) is 9.36 Å². The van der Waals surface area contributed by atoms with Crippen LogP contribution in [-0.2, 0) is 11.3 Å². The monoisotopic (exact) mass is 357 g/mol. The van der Waals surface area contributed by atoms with Crippen LogP contribution in [0, 0.1) is 0 Å². The number of hydrogen-bond acceptors (Lipinski definition) is 2. The second-order valence-corrected chi connectivity index (χ2v) is 7.59. The van der Waals surface area contributed by atoms with Crippen LogP contribution in [0.5, 0.6) is 0 Å². The molecule has 1 unspecified atom stereocenters. The van der Waals surface area contributed by atoms with Gasteiger partial charge in [0.15, 0.2) is 6.54 Å². The summed E-state index contributed by atoms with van der Waals surface area (Å²) in [5.41, 5.74) is 1.04. The van der Waals surface area contributed by atoms with Gasteiger partial charge in [0.2, 0.25) is 0 Å². The SMILES string of the molecule is C[C@@H](NC(=O)C[NH+](C)Cc1ccc(Cl)s1)c1ccc(Cl)cc1. The van der Waals surface area contributed by atoms with Gasteiger partial charge < -0.3 is 10.2 Å². The molecular formula is C16H19Cl2N2OS+. The Kier molecular flexibility index (Phi) is 6.26. The first-order valence-electron chi connectivity index (χ1n) is 7.04. The molecule has 0 fully saturated rings. The molecule has 0 aliphatic rings. The maximum Gasteiger partial charge on any atom is 0.275 e. The zero-order valence-corrected chi connectivity index (χ0v) is 14.9. The van der Waals surface area contributed by atoms with Crippen molar-refractivity contribution in [2.75, 3.05) is 13.6 Å². The minimum atomic E-state index is -0.0336. The smallest absolute Gasteiger partial charge is 0.275 e. The average molecular weight is 358 g/mol. The fourth-order valence-electron chi connectivity index (χ4n) is 2.21. The largest absolute Gasteiger partial charge is 0.345 e. The molecule has 0 spiro atoms. The van der Waals surface area contributed by atoms with E-state index in [0.717, 1.165) is 21.3 Å². The third-order valence-corrected chi connectivity index (χ3v) is 4.80. The highest BCUT2D eigenvalue weighted by Gasteiger charge is 2.14. The van der Waals surface area contributed by atoms with Crippen LogP contribution in [0.3, 0.4) is 0 Å². The normalized spacial score (nSPS) is 13.6. The van der Waals surface area contributed by atoms with Crippen molar-refractivity contribution in [3.63, 3.8) is 0 Å². The number of thiophene rings is 1. The number of halogens is 2. The van der Waals surface area contributed by atoms with Gasteiger partial charge in [0, 0.05) is 5.02 Å². The Morgan fingerprint density at radius 2 is 1.91 bits per heavy atom. The van der Waals surface area contributed by atoms with Crippen molar-refractivity contribution in [3.05, 3.63) is 56.2 Å². The summed E-state index contributed by atoms with van der Waals surface area (Å²) in [6, 6.07) is 11.4. The Morgan fingerprint density at radius 1 is 1.23 bits per heavy atom. The van der Waals surface area contributed by atoms with Gasteiger partial charge in [-0.2, -0.15) is 0 Å². The Hall–Kier alpha value is -1.07. The Balaban J connectivity index is 1.82. The Bertz CT molecular complexity index is 627. The molecule has 2 rings (SSSR count). The van der Waals surface area contributed by atoms with Gasteiger partial charge in [0.05, 0.1) is 22.3 Å². The molecule has 0 aliphatic heterocycles. The molecule has 0 bridgehead atoms. The summed E-state index contributed by atoms with van der Waals surface area (Å²) < 4.78 is 0.781. The van der Waals surface area contributed by atoms with E-state index in [1.807, 2.05) is 50.4 Å². The van der Waals surface area contributed by atoms with Gasteiger partial charge in [-0.25, -0.2) is 0 Å². The lowest BCUT2D eigenvalue weighted by molar-refractivity contribution is -0.885. The third kappa shape index (κ3) is 5.29. The quantitative estimate of drug-likeness (QED) is 0.818. The maximum atomic E-state index is 12.1. The van der Waals surface area contributed by atoms with Gasteiger partial charge in [0.1, 0.15) is 6.54 Å². The van der Waals surface area contributed by atoms with Crippen LogP contribution in [-0.4, -0.2) is 19.5 Å². The van der Waals surface area contributed by atoms with Crippen molar-refractivity contribution in [1.29, 1.82) is 0 Å². The van der Waals surface area contributed by atoms with Crippen molar-refractivity contribution in [2.24, 2.45) is 0 Å². The lowest BCUT2D eigenvalue weighted by Crippen LogP contribution is -3.08. The highest BCUT2D eigenvalue weighted by Crippen LogP contribution is 2.20. The minimum absolute atomic E-state index is 0.0302. The maximum absolute atomic E-state index is 12.1. The molecular weight excluding hydrogens is 339 g/mol. The summed E-state index contributed by atoms with van der Waals surface area (Å²) in [4.78, 5) is 14.4. The molecule has 0 saturated carbocycles. The molecule has 1 aromatic carbocycles. The number of quaternary nitrogens is 1. The van der Waals surface area contributed by atoms with E-state index in [1.54, 1.807) is 11.3 Å². The van der Waals surface area contributed by atoms with Gasteiger partial charge in [-0.05, 0) is 36.8 Å². The zero-order valence-electron chi connectivity index (χ0n) is 12.5. The van der Waals surface area contributed by atoms with E-state index in [-0.39, 0.29) is 11.9 Å². The fourth-order valence-corrected chi connectivity index (χ4v) is 3.54. The standard InChI is InChI=1S/C16H18Cl2N2OS/c1-11(12-3-5-13(17)6-4-12)19-16(21)10-20(2)9-14-7-8-15(18)22-14/h3-8,11H,9-10H2,1-2H3,(H,19,21)/p+1/t11-/m1/s1. The molecule has 1 aromatic heterocycles. The number of likely N-dealkylation sites (N-methyl/N-ethyl adjacent to an activating group) is 1. The molecule has 2 atom stereocenters. The lowest BCUT2D eigenvalue weighted by Gasteiger charge is -2.17. The van der Waals surface area contributed by atoms with E-state index in [9.17, 15) is 4.79 Å². The summed E-state index contributed by atoms with van der Waals surface area (Å²) in [5.74, 6) is 0.0302. The van der Waals surface area contributed by atoms with Crippen LogP contribution in [0.25, 0.3) is 0 Å². The average Bonchev–Trinajstić information content (AvgIpc) is 2.84. The van der Waals surface area contributed by atoms with Crippen LogP contribution in [0.1, 0.15) is 23.4 Å². The van der Waals surface area contributed by atoms with Gasteiger partial charge in [-0.1, -0.05) is 35.3 Å². The summed E-state index contributed by atoms with van der Waals surface area (Å²) >= 11 is 13.3. The lowest BCUT2D eigenvalue weighted by atomic mass is 10.1. The van der Waals surface area contributed by atoms with E-state index in [1.165, 1.54) is 4.88 Å². The van der Waals surface area contributed by atoms with Gasteiger partial charge in [0.25, 0.3) is 5.91 Å². The second-order valence-electron chi connectivity index (χ2n) is 5.36. The predicted octanol–water partition coefficient (Wildman–Crippen LogP) is 2.95. The number of rotatable bonds is 6. The molecule has 0 saturated heterocycles. The number of carbonyl (C=O) groups is 1. The minimum Gasteiger partial charge on any atom is -0.345 e. The first-order chi connectivity index (χ1) is 10.4. The van der Waals surface area contributed by atoms with Crippen LogP contribution in [0.15, 0.2) is 36.4 Å². The molecule has 0 aliphatic carbocycles. The van der Waals surface area contributed by atoms with Crippen molar-refractivity contribution in [2.45, 2.75) is 19.5 Å². The number of hydrogen-bond donors (Lipinski definition) is 2. The van der Waals surface area contributed by atoms with Gasteiger partial charge in [-0.3, -0.25) is 4.79 Å². The molecule has 1 amide bonds. The van der Waals surface area contributed by atoms with Gasteiger partial charge in [-0.15, -0.1) is 11.3 Å². The van der Waals surface area contributed by atoms with E-state index in [2.05, 4.69) is 5.32 Å². The Labute approximate surface area is 144 Å². The van der Waals surface area contributed by atoms with Crippen molar-refractivity contribution in [3.8, 4) is 0 Å². The van der Waals surface area contributed by atoms with Crippen LogP contribution in [0.4, 0.5) is 0 Å². The summed E-state index contributed by atoms with van der Waals surface area (Å²) in [5, 5.41) is 3.71. The zero-order chi connectivity index (χ0) is 16.1. The number of carbonyl (C=O) groups excluding carboxylic acids is 1. The summed E-state index contributed by atoms with van der Waals surface area (Å²) in [6.45, 7) is 3.18. The first-order valence-corrected chi connectivity index (χ1v) is 8.61. The van der Waals surface area contributed by atoms with E-state index in [4.69, 9.17) is 23.2 Å².